The summed E-state index contributed by atoms with van der Waals surface area (Å²) in [6, 6.07) is 9.37. The number of unbranched alkanes of at least 4 members (excludes halogenated alkanes) is 1. The number of carbonyl (C=O) groups excluding carboxylic acids is 2. The molecule has 1 aliphatic rings. The molecule has 0 aliphatic carbocycles. The molecule has 1 fully saturated rings. The van der Waals surface area contributed by atoms with Gasteiger partial charge in [0.15, 0.2) is 0 Å². The summed E-state index contributed by atoms with van der Waals surface area (Å²) in [5.74, 6) is -0.0345. The Labute approximate surface area is 125 Å². The Balaban J connectivity index is 2.14. The Morgan fingerprint density at radius 3 is 2.86 bits per heavy atom. The minimum Gasteiger partial charge on any atom is -0.449 e. The lowest BCUT2D eigenvalue weighted by Crippen LogP contribution is -2.37. The fourth-order valence-corrected chi connectivity index (χ4v) is 2.41. The fraction of sp³-hybridized carbons (Fsp3) is 0.500. The Bertz CT molecular complexity index is 476. The van der Waals surface area contributed by atoms with E-state index in [0.29, 0.717) is 19.7 Å². The Morgan fingerprint density at radius 1 is 1.38 bits per heavy atom. The topological polar surface area (TPSA) is 58.6 Å². The molecule has 2 rings (SSSR count). The standard InChI is InChI=1S/C16H22N2O3/c1-2-3-11-21-16(20)18-10-9-17-15(19)12-14(18)13-7-5-4-6-8-13/h4-8,14H,2-3,9-12H2,1H3,(H,17,19). The van der Waals surface area contributed by atoms with Gasteiger partial charge in [-0.25, -0.2) is 4.79 Å². The van der Waals surface area contributed by atoms with E-state index in [1.165, 1.54) is 0 Å². The summed E-state index contributed by atoms with van der Waals surface area (Å²) in [4.78, 5) is 25.7. The monoisotopic (exact) mass is 290 g/mol. The summed E-state index contributed by atoms with van der Waals surface area (Å²) < 4.78 is 5.31. The van der Waals surface area contributed by atoms with Crippen LogP contribution in [0.15, 0.2) is 30.3 Å². The summed E-state index contributed by atoms with van der Waals surface area (Å²) in [5, 5.41) is 2.81. The van der Waals surface area contributed by atoms with Crippen molar-refractivity contribution in [2.75, 3.05) is 19.7 Å². The van der Waals surface area contributed by atoms with Crippen LogP contribution in [-0.4, -0.2) is 36.6 Å². The van der Waals surface area contributed by atoms with E-state index in [2.05, 4.69) is 12.2 Å². The van der Waals surface area contributed by atoms with Crippen LogP contribution in [0.25, 0.3) is 0 Å². The number of hydrogen-bond donors (Lipinski definition) is 1. The summed E-state index contributed by atoms with van der Waals surface area (Å²) in [6.07, 6.45) is 1.77. The fourth-order valence-electron chi connectivity index (χ4n) is 2.41. The lowest BCUT2D eigenvalue weighted by Gasteiger charge is -2.28. The minimum absolute atomic E-state index is 0.0345. The first-order chi connectivity index (χ1) is 10.2. The second kappa shape index (κ2) is 7.67. The van der Waals surface area contributed by atoms with Gasteiger partial charge in [0.1, 0.15) is 0 Å². The van der Waals surface area contributed by atoms with Crippen molar-refractivity contribution < 1.29 is 14.3 Å². The van der Waals surface area contributed by atoms with Crippen LogP contribution in [0.5, 0.6) is 0 Å². The van der Waals surface area contributed by atoms with Gasteiger partial charge in [-0.2, -0.15) is 0 Å². The van der Waals surface area contributed by atoms with Gasteiger partial charge in [-0.3, -0.25) is 9.69 Å². The highest BCUT2D eigenvalue weighted by atomic mass is 16.6. The SMILES string of the molecule is CCCCOC(=O)N1CCNC(=O)CC1c1ccccc1. The van der Waals surface area contributed by atoms with Gasteiger partial charge in [0.25, 0.3) is 0 Å². The molecule has 0 spiro atoms. The van der Waals surface area contributed by atoms with Gasteiger partial charge in [-0.1, -0.05) is 43.7 Å². The number of rotatable bonds is 4. The molecule has 0 aromatic heterocycles. The molecule has 0 saturated carbocycles. The normalized spacial score (nSPS) is 18.8. The molecule has 1 aromatic carbocycles. The summed E-state index contributed by atoms with van der Waals surface area (Å²) in [7, 11) is 0. The zero-order valence-corrected chi connectivity index (χ0v) is 12.4. The number of nitrogens with zero attached hydrogens (tertiary/aromatic N) is 1. The maximum atomic E-state index is 12.3. The van der Waals surface area contributed by atoms with Crippen LogP contribution in [0, 0.1) is 0 Å². The highest BCUT2D eigenvalue weighted by Gasteiger charge is 2.30. The second-order valence-electron chi connectivity index (χ2n) is 5.14. The van der Waals surface area contributed by atoms with Gasteiger partial charge in [-0.05, 0) is 12.0 Å². The second-order valence-corrected chi connectivity index (χ2v) is 5.14. The van der Waals surface area contributed by atoms with Crippen LogP contribution in [0.2, 0.25) is 0 Å². The average Bonchev–Trinajstić information content (AvgIpc) is 2.70. The smallest absolute Gasteiger partial charge is 0.410 e. The van der Waals surface area contributed by atoms with Crippen molar-refractivity contribution in [1.82, 2.24) is 10.2 Å². The molecular formula is C16H22N2O3. The van der Waals surface area contributed by atoms with Crippen LogP contribution >= 0.6 is 0 Å². The van der Waals surface area contributed by atoms with Gasteiger partial charge in [0.05, 0.1) is 19.1 Å². The molecular weight excluding hydrogens is 268 g/mol. The first-order valence-corrected chi connectivity index (χ1v) is 7.47. The zero-order valence-electron chi connectivity index (χ0n) is 12.4. The number of carbonyl (C=O) groups is 2. The molecule has 2 amide bonds. The molecule has 114 valence electrons. The van der Waals surface area contributed by atoms with E-state index in [-0.39, 0.29) is 24.5 Å². The van der Waals surface area contributed by atoms with Gasteiger partial charge in [0.2, 0.25) is 5.91 Å². The first kappa shape index (κ1) is 15.4. The summed E-state index contributed by atoms with van der Waals surface area (Å²) in [5.41, 5.74) is 0.960. The third-order valence-corrected chi connectivity index (χ3v) is 3.57. The summed E-state index contributed by atoms with van der Waals surface area (Å²) >= 11 is 0. The molecule has 1 unspecified atom stereocenters. The van der Waals surface area contributed by atoms with E-state index in [1.54, 1.807) is 4.90 Å². The van der Waals surface area contributed by atoms with Gasteiger partial charge < -0.3 is 10.1 Å². The molecule has 1 heterocycles. The van der Waals surface area contributed by atoms with Crippen LogP contribution in [0.4, 0.5) is 4.79 Å². The predicted octanol–water partition coefficient (Wildman–Crippen LogP) is 2.49. The Hall–Kier alpha value is -2.04. The lowest BCUT2D eigenvalue weighted by molar-refractivity contribution is -0.121. The third-order valence-electron chi connectivity index (χ3n) is 3.57. The molecule has 1 N–H and O–H groups in total. The number of nitrogens with one attached hydrogen (secondary N) is 1. The highest BCUT2D eigenvalue weighted by molar-refractivity contribution is 5.79. The largest absolute Gasteiger partial charge is 0.449 e. The number of ether oxygens (including phenoxy) is 1. The molecule has 1 aromatic rings. The third kappa shape index (κ3) is 4.21. The predicted molar refractivity (Wildman–Crippen MR) is 79.8 cm³/mol. The zero-order chi connectivity index (χ0) is 15.1. The van der Waals surface area contributed by atoms with Crippen molar-refractivity contribution in [3.63, 3.8) is 0 Å². The van der Waals surface area contributed by atoms with Crippen LogP contribution in [0.1, 0.15) is 37.8 Å². The molecule has 21 heavy (non-hydrogen) atoms. The van der Waals surface area contributed by atoms with Gasteiger partial charge in [0, 0.05) is 13.1 Å². The van der Waals surface area contributed by atoms with Crippen molar-refractivity contribution >= 4 is 12.0 Å². The van der Waals surface area contributed by atoms with Crippen LogP contribution < -0.4 is 5.32 Å². The molecule has 1 atom stereocenters. The Kier molecular flexibility index (Phi) is 5.60. The quantitative estimate of drug-likeness (QED) is 0.867. The molecule has 1 saturated heterocycles. The van der Waals surface area contributed by atoms with Gasteiger partial charge in [-0.15, -0.1) is 0 Å². The average molecular weight is 290 g/mol. The van der Waals surface area contributed by atoms with E-state index in [4.69, 9.17) is 4.74 Å². The van der Waals surface area contributed by atoms with E-state index in [0.717, 1.165) is 18.4 Å². The van der Waals surface area contributed by atoms with Crippen molar-refractivity contribution in [2.45, 2.75) is 32.2 Å². The molecule has 0 radical (unpaired) electrons. The van der Waals surface area contributed by atoms with Gasteiger partial charge >= 0.3 is 6.09 Å². The van der Waals surface area contributed by atoms with Crippen molar-refractivity contribution in [1.29, 1.82) is 0 Å². The maximum absolute atomic E-state index is 12.3. The molecule has 1 aliphatic heterocycles. The van der Waals surface area contributed by atoms with Crippen LogP contribution in [-0.2, 0) is 9.53 Å². The molecule has 5 nitrogen and oxygen atoms in total. The van der Waals surface area contributed by atoms with Crippen molar-refractivity contribution in [3.05, 3.63) is 35.9 Å². The summed E-state index contributed by atoms with van der Waals surface area (Å²) in [6.45, 7) is 3.41. The highest BCUT2D eigenvalue weighted by Crippen LogP contribution is 2.26. The van der Waals surface area contributed by atoms with E-state index in [9.17, 15) is 9.59 Å². The van der Waals surface area contributed by atoms with Crippen molar-refractivity contribution in [3.8, 4) is 0 Å². The maximum Gasteiger partial charge on any atom is 0.410 e. The van der Waals surface area contributed by atoms with Crippen LogP contribution in [0.3, 0.4) is 0 Å². The molecule has 0 bridgehead atoms. The first-order valence-electron chi connectivity index (χ1n) is 7.47. The van der Waals surface area contributed by atoms with E-state index in [1.807, 2.05) is 30.3 Å². The van der Waals surface area contributed by atoms with Crippen molar-refractivity contribution in [2.24, 2.45) is 0 Å². The number of hydrogen-bond acceptors (Lipinski definition) is 3. The molecule has 5 heteroatoms. The van der Waals surface area contributed by atoms with E-state index >= 15 is 0 Å². The Morgan fingerprint density at radius 2 is 2.14 bits per heavy atom. The number of amides is 2. The van der Waals surface area contributed by atoms with E-state index < -0.39 is 0 Å². The minimum atomic E-state index is -0.339. The lowest BCUT2D eigenvalue weighted by atomic mass is 10.0. The number of benzene rings is 1.